The number of rotatable bonds is 7. The number of hydrogen-bond donors (Lipinski definition) is 1. The lowest BCUT2D eigenvalue weighted by Crippen LogP contribution is -2.16. The van der Waals surface area contributed by atoms with E-state index in [2.05, 4.69) is 17.4 Å². The molecule has 6 heteroatoms. The van der Waals surface area contributed by atoms with Crippen molar-refractivity contribution in [3.05, 3.63) is 65.2 Å². The van der Waals surface area contributed by atoms with Crippen molar-refractivity contribution in [2.45, 2.75) is 19.4 Å². The van der Waals surface area contributed by atoms with Crippen LogP contribution in [-0.4, -0.2) is 32.8 Å². The lowest BCUT2D eigenvalue weighted by molar-refractivity contribution is -0.191. The van der Waals surface area contributed by atoms with Gasteiger partial charge in [-0.05, 0) is 49.8 Å². The third-order valence-corrected chi connectivity index (χ3v) is 3.58. The Hall–Kier alpha value is -2.95. The summed E-state index contributed by atoms with van der Waals surface area (Å²) in [4.78, 5) is 28.0. The number of ether oxygens (including phenoxy) is 2. The van der Waals surface area contributed by atoms with Crippen molar-refractivity contribution in [1.29, 1.82) is 0 Å². The summed E-state index contributed by atoms with van der Waals surface area (Å²) in [5.74, 6) is 0.320. The molecule has 2 aromatic carbocycles. The maximum atomic E-state index is 11.8. The molecule has 0 saturated heterocycles. The summed E-state index contributed by atoms with van der Waals surface area (Å²) in [5.41, 5.74) is 2.58. The zero-order chi connectivity index (χ0) is 19.4. The molecule has 1 N–H and O–H groups in total. The Morgan fingerprint density at radius 2 is 1.81 bits per heavy atom. The molecular weight excluding hydrogens is 334 g/mol. The summed E-state index contributed by atoms with van der Waals surface area (Å²) in [7, 11) is 3.30. The topological polar surface area (TPSA) is 81.7 Å². The van der Waals surface area contributed by atoms with Gasteiger partial charge < -0.3 is 14.8 Å². The van der Waals surface area contributed by atoms with E-state index in [4.69, 9.17) is 19.1 Å². The van der Waals surface area contributed by atoms with Gasteiger partial charge in [-0.3, -0.25) is 0 Å². The fourth-order valence-corrected chi connectivity index (χ4v) is 2.45. The maximum Gasteiger partial charge on any atom is 0.373 e. The Kier molecular flexibility index (Phi) is 9.39. The predicted molar refractivity (Wildman–Crippen MR) is 95.9 cm³/mol. The summed E-state index contributed by atoms with van der Waals surface area (Å²) in [5, 5.41) is 3.15. The number of aryl methyl sites for hydroxylation is 1. The second-order valence-electron chi connectivity index (χ2n) is 5.52. The van der Waals surface area contributed by atoms with E-state index >= 15 is 0 Å². The molecule has 0 aromatic heterocycles. The summed E-state index contributed by atoms with van der Waals surface area (Å²) < 4.78 is 11.0. The lowest BCUT2D eigenvalue weighted by Gasteiger charge is -2.20. The Morgan fingerprint density at radius 1 is 1.15 bits per heavy atom. The molecule has 0 heterocycles. The van der Waals surface area contributed by atoms with Gasteiger partial charge in [0, 0.05) is 6.42 Å². The van der Waals surface area contributed by atoms with E-state index in [9.17, 15) is 4.79 Å². The van der Waals surface area contributed by atoms with Gasteiger partial charge in [0.05, 0.1) is 12.7 Å². The molecule has 0 fully saturated rings. The fourth-order valence-electron chi connectivity index (χ4n) is 2.45. The molecule has 0 aliphatic heterocycles. The first-order valence-electron chi connectivity index (χ1n) is 8.11. The molecule has 0 amide bonds. The van der Waals surface area contributed by atoms with Crippen LogP contribution in [0.2, 0.25) is 0 Å². The zero-order valence-corrected chi connectivity index (χ0v) is 15.2. The van der Waals surface area contributed by atoms with Gasteiger partial charge in [0.25, 0.3) is 0 Å². The predicted octanol–water partition coefficient (Wildman–Crippen LogP) is 2.93. The second kappa shape index (κ2) is 11.6. The van der Waals surface area contributed by atoms with Crippen molar-refractivity contribution < 1.29 is 23.9 Å². The van der Waals surface area contributed by atoms with E-state index in [1.807, 2.05) is 38.2 Å². The quantitative estimate of drug-likeness (QED) is 0.767. The summed E-state index contributed by atoms with van der Waals surface area (Å²) >= 11 is 0. The highest BCUT2D eigenvalue weighted by molar-refractivity contribution is 5.90. The minimum Gasteiger partial charge on any atom is -0.486 e. The maximum absolute atomic E-state index is 11.8. The monoisotopic (exact) mass is 357 g/mol. The number of carbonyl (C=O) groups excluding carboxylic acids is 3. The van der Waals surface area contributed by atoms with E-state index in [0.717, 1.165) is 24.1 Å². The van der Waals surface area contributed by atoms with Crippen molar-refractivity contribution in [2.24, 2.45) is 0 Å². The van der Waals surface area contributed by atoms with Crippen LogP contribution in [0.3, 0.4) is 0 Å². The van der Waals surface area contributed by atoms with E-state index in [-0.39, 0.29) is 18.2 Å². The molecule has 0 bridgehead atoms. The largest absolute Gasteiger partial charge is 0.486 e. The first-order chi connectivity index (χ1) is 12.5. The van der Waals surface area contributed by atoms with Gasteiger partial charge in [-0.25, -0.2) is 4.79 Å². The third kappa shape index (κ3) is 6.89. The van der Waals surface area contributed by atoms with Gasteiger partial charge in [0.15, 0.2) is 0 Å². The lowest BCUT2D eigenvalue weighted by atomic mass is 10.1. The average Bonchev–Trinajstić information content (AvgIpc) is 2.65. The SMILES string of the molecule is CNCCC(Oc1cc(C)cc(C(=O)OC)c1)c1ccccc1.O=C=O. The average molecular weight is 357 g/mol. The van der Waals surface area contributed by atoms with E-state index in [0.29, 0.717) is 11.3 Å². The van der Waals surface area contributed by atoms with Crippen molar-refractivity contribution in [3.63, 3.8) is 0 Å². The number of carbonyl (C=O) groups is 1. The molecule has 0 saturated carbocycles. The Balaban J connectivity index is 0.00000105. The van der Waals surface area contributed by atoms with Crippen LogP contribution < -0.4 is 10.1 Å². The number of hydrogen-bond acceptors (Lipinski definition) is 6. The van der Waals surface area contributed by atoms with Gasteiger partial charge in [-0.1, -0.05) is 30.3 Å². The van der Waals surface area contributed by atoms with Crippen LogP contribution in [0.5, 0.6) is 5.75 Å². The molecule has 1 atom stereocenters. The molecule has 0 radical (unpaired) electrons. The highest BCUT2D eigenvalue weighted by Gasteiger charge is 2.15. The zero-order valence-electron chi connectivity index (χ0n) is 15.2. The van der Waals surface area contributed by atoms with Crippen LogP contribution in [0.15, 0.2) is 48.5 Å². The molecule has 0 aliphatic rings. The van der Waals surface area contributed by atoms with Crippen LogP contribution in [0.1, 0.15) is 34.0 Å². The Morgan fingerprint density at radius 3 is 2.38 bits per heavy atom. The van der Waals surface area contributed by atoms with E-state index in [1.54, 1.807) is 12.1 Å². The summed E-state index contributed by atoms with van der Waals surface area (Å²) in [6.07, 6.45) is 1.01. The number of benzene rings is 2. The molecule has 138 valence electrons. The number of nitrogens with one attached hydrogen (secondary N) is 1. The van der Waals surface area contributed by atoms with Crippen LogP contribution in [0.4, 0.5) is 0 Å². The fraction of sp³-hybridized carbons (Fsp3) is 0.300. The highest BCUT2D eigenvalue weighted by Crippen LogP contribution is 2.26. The Bertz CT molecular complexity index is 724. The van der Waals surface area contributed by atoms with E-state index < -0.39 is 0 Å². The first-order valence-corrected chi connectivity index (χ1v) is 8.11. The van der Waals surface area contributed by atoms with Crippen molar-refractivity contribution >= 4 is 12.1 Å². The van der Waals surface area contributed by atoms with Crippen LogP contribution in [0, 0.1) is 6.92 Å². The second-order valence-corrected chi connectivity index (χ2v) is 5.52. The standard InChI is InChI=1S/C19H23NO3.CO2/c1-14-11-16(19(21)22-3)13-17(12-14)23-18(9-10-20-2)15-7-5-4-6-8-15;2-1-3/h4-8,11-13,18,20H,9-10H2,1-3H3;. The molecule has 0 aliphatic carbocycles. The summed E-state index contributed by atoms with van der Waals surface area (Å²) in [6.45, 7) is 2.78. The molecular formula is C20H23NO5. The third-order valence-electron chi connectivity index (χ3n) is 3.58. The first kappa shape index (κ1) is 21.1. The normalized spacial score (nSPS) is 10.7. The Labute approximate surface area is 153 Å². The number of methoxy groups -OCH3 is 1. The van der Waals surface area contributed by atoms with Gasteiger partial charge in [0.2, 0.25) is 0 Å². The van der Waals surface area contributed by atoms with E-state index in [1.165, 1.54) is 7.11 Å². The van der Waals surface area contributed by atoms with Gasteiger partial charge in [0.1, 0.15) is 11.9 Å². The number of esters is 1. The van der Waals surface area contributed by atoms with Gasteiger partial charge in [-0.15, -0.1) is 0 Å². The molecule has 2 rings (SSSR count). The van der Waals surface area contributed by atoms with Gasteiger partial charge in [-0.2, -0.15) is 9.59 Å². The van der Waals surface area contributed by atoms with Crippen LogP contribution in [-0.2, 0) is 14.3 Å². The molecule has 2 aromatic rings. The molecule has 26 heavy (non-hydrogen) atoms. The van der Waals surface area contributed by atoms with Crippen molar-refractivity contribution in [1.82, 2.24) is 5.32 Å². The van der Waals surface area contributed by atoms with Crippen LogP contribution >= 0.6 is 0 Å². The van der Waals surface area contributed by atoms with Crippen molar-refractivity contribution in [2.75, 3.05) is 20.7 Å². The molecule has 0 spiro atoms. The highest BCUT2D eigenvalue weighted by atomic mass is 16.5. The minimum absolute atomic E-state index is 0.0732. The molecule has 6 nitrogen and oxygen atoms in total. The van der Waals surface area contributed by atoms with Crippen LogP contribution in [0.25, 0.3) is 0 Å². The smallest absolute Gasteiger partial charge is 0.373 e. The molecule has 1 unspecified atom stereocenters. The van der Waals surface area contributed by atoms with Gasteiger partial charge >= 0.3 is 12.1 Å². The summed E-state index contributed by atoms with van der Waals surface area (Å²) in [6, 6.07) is 15.6. The van der Waals surface area contributed by atoms with Crippen molar-refractivity contribution in [3.8, 4) is 5.75 Å². The minimum atomic E-state index is -0.356.